The first kappa shape index (κ1) is 14.2. The molecule has 0 spiro atoms. The summed E-state index contributed by atoms with van der Waals surface area (Å²) in [5, 5.41) is 8.83. The van der Waals surface area contributed by atoms with Gasteiger partial charge in [0.25, 0.3) is 0 Å². The van der Waals surface area contributed by atoms with Crippen molar-refractivity contribution in [2.75, 3.05) is 32.8 Å². The number of ether oxygens (including phenoxy) is 1. The summed E-state index contributed by atoms with van der Waals surface area (Å²) in [6, 6.07) is -0.397. The number of carbonyl (C=O) groups is 3. The van der Waals surface area contributed by atoms with Crippen LogP contribution in [-0.2, 0) is 14.3 Å². The van der Waals surface area contributed by atoms with Gasteiger partial charge < -0.3 is 25.4 Å². The summed E-state index contributed by atoms with van der Waals surface area (Å²) in [5.74, 6) is -1.71. The van der Waals surface area contributed by atoms with Gasteiger partial charge in [-0.05, 0) is 6.92 Å². The minimum Gasteiger partial charge on any atom is -0.479 e. The lowest BCUT2D eigenvalue weighted by Gasteiger charge is -2.34. The van der Waals surface area contributed by atoms with Crippen LogP contribution in [0.2, 0.25) is 0 Å². The van der Waals surface area contributed by atoms with Crippen molar-refractivity contribution in [1.29, 1.82) is 0 Å². The third-order valence-electron chi connectivity index (χ3n) is 2.61. The summed E-state index contributed by atoms with van der Waals surface area (Å²) in [7, 11) is 0. The van der Waals surface area contributed by atoms with Crippen LogP contribution in [0.4, 0.5) is 4.79 Å². The Balaban J connectivity index is 2.64. The minimum atomic E-state index is -1.11. The van der Waals surface area contributed by atoms with Crippen LogP contribution in [0.15, 0.2) is 0 Å². The van der Waals surface area contributed by atoms with E-state index in [1.54, 1.807) is 6.92 Å². The van der Waals surface area contributed by atoms with Gasteiger partial charge in [-0.1, -0.05) is 0 Å². The number of nitrogens with zero attached hydrogens (tertiary/aromatic N) is 2. The van der Waals surface area contributed by atoms with Crippen molar-refractivity contribution in [2.45, 2.75) is 13.0 Å². The molecule has 1 rings (SSSR count). The molecule has 1 heterocycles. The second-order valence-electron chi connectivity index (χ2n) is 3.91. The van der Waals surface area contributed by atoms with Gasteiger partial charge in [-0.3, -0.25) is 4.79 Å². The minimum absolute atomic E-state index is 0.0244. The van der Waals surface area contributed by atoms with E-state index < -0.39 is 24.0 Å². The summed E-state index contributed by atoms with van der Waals surface area (Å²) >= 11 is 0. The summed E-state index contributed by atoms with van der Waals surface area (Å²) in [6.07, 6.45) is -1.02. The number of nitrogens with two attached hydrogens (primary N) is 1. The lowest BCUT2D eigenvalue weighted by atomic mass is 10.3. The Morgan fingerprint density at radius 2 is 2.17 bits per heavy atom. The second-order valence-corrected chi connectivity index (χ2v) is 3.91. The molecule has 0 saturated carbocycles. The van der Waals surface area contributed by atoms with E-state index in [0.29, 0.717) is 13.1 Å². The van der Waals surface area contributed by atoms with E-state index >= 15 is 0 Å². The molecule has 0 aromatic rings. The van der Waals surface area contributed by atoms with Crippen molar-refractivity contribution < 1.29 is 24.2 Å². The Bertz CT molecular complexity index is 346. The van der Waals surface area contributed by atoms with E-state index in [1.807, 2.05) is 0 Å². The molecular weight excluding hydrogens is 242 g/mol. The van der Waals surface area contributed by atoms with Gasteiger partial charge >= 0.3 is 12.0 Å². The number of hydrogen-bond donors (Lipinski definition) is 2. The fourth-order valence-electron chi connectivity index (χ4n) is 1.68. The molecule has 0 aromatic carbocycles. The van der Waals surface area contributed by atoms with Gasteiger partial charge in [-0.25, -0.2) is 9.59 Å². The number of amides is 3. The number of aliphatic carboxylic acids is 1. The Labute approximate surface area is 104 Å². The highest BCUT2D eigenvalue weighted by atomic mass is 16.5. The molecule has 3 N–H and O–H groups in total. The highest BCUT2D eigenvalue weighted by Gasteiger charge is 2.31. The molecule has 1 saturated heterocycles. The first-order chi connectivity index (χ1) is 8.45. The number of likely N-dealkylation sites (N-methyl/N-ethyl adjacent to an activating group) is 1. The zero-order chi connectivity index (χ0) is 13.7. The van der Waals surface area contributed by atoms with Gasteiger partial charge in [0, 0.05) is 13.1 Å². The van der Waals surface area contributed by atoms with Crippen molar-refractivity contribution in [3.8, 4) is 0 Å². The largest absolute Gasteiger partial charge is 0.479 e. The molecule has 8 heteroatoms. The van der Waals surface area contributed by atoms with Crippen LogP contribution in [0, 0.1) is 0 Å². The molecule has 1 aliphatic rings. The van der Waals surface area contributed by atoms with E-state index in [4.69, 9.17) is 15.6 Å². The quantitative estimate of drug-likeness (QED) is 0.651. The number of urea groups is 1. The number of hydrogen-bond acceptors (Lipinski definition) is 4. The summed E-state index contributed by atoms with van der Waals surface area (Å²) < 4.78 is 5.01. The molecule has 1 aliphatic heterocycles. The molecule has 3 amide bonds. The van der Waals surface area contributed by atoms with Crippen molar-refractivity contribution in [3.05, 3.63) is 0 Å². The highest BCUT2D eigenvalue weighted by molar-refractivity contribution is 5.83. The van der Waals surface area contributed by atoms with Crippen LogP contribution in [0.1, 0.15) is 6.92 Å². The molecule has 102 valence electrons. The SMILES string of the molecule is CCN(CC(N)=O)C(=O)N1CCOC(C(=O)O)C1. The second kappa shape index (κ2) is 6.20. The number of morpholine rings is 1. The maximum absolute atomic E-state index is 12.0. The smallest absolute Gasteiger partial charge is 0.334 e. The summed E-state index contributed by atoms with van der Waals surface area (Å²) in [5.41, 5.74) is 5.04. The molecule has 8 nitrogen and oxygen atoms in total. The molecular formula is C10H17N3O5. The van der Waals surface area contributed by atoms with Crippen LogP contribution < -0.4 is 5.73 Å². The van der Waals surface area contributed by atoms with Gasteiger partial charge in [0.2, 0.25) is 5.91 Å². The molecule has 1 fully saturated rings. The average molecular weight is 259 g/mol. The maximum Gasteiger partial charge on any atom is 0.334 e. The summed E-state index contributed by atoms with van der Waals surface area (Å²) in [6.45, 7) is 2.31. The zero-order valence-electron chi connectivity index (χ0n) is 10.2. The molecule has 0 aromatic heterocycles. The topological polar surface area (TPSA) is 113 Å². The van der Waals surface area contributed by atoms with Gasteiger partial charge in [0.15, 0.2) is 6.10 Å². The van der Waals surface area contributed by atoms with Crippen molar-refractivity contribution in [1.82, 2.24) is 9.80 Å². The van der Waals surface area contributed by atoms with Crippen LogP contribution in [0.3, 0.4) is 0 Å². The number of carboxylic acids is 1. The van der Waals surface area contributed by atoms with Crippen molar-refractivity contribution >= 4 is 17.9 Å². The normalized spacial score (nSPS) is 19.4. The highest BCUT2D eigenvalue weighted by Crippen LogP contribution is 2.08. The maximum atomic E-state index is 12.0. The van der Waals surface area contributed by atoms with E-state index in [2.05, 4.69) is 0 Å². The van der Waals surface area contributed by atoms with Crippen LogP contribution in [0.25, 0.3) is 0 Å². The zero-order valence-corrected chi connectivity index (χ0v) is 10.2. The third kappa shape index (κ3) is 3.59. The average Bonchev–Trinajstić information content (AvgIpc) is 2.35. The van der Waals surface area contributed by atoms with Gasteiger partial charge in [0.1, 0.15) is 6.54 Å². The first-order valence-corrected chi connectivity index (χ1v) is 5.62. The molecule has 18 heavy (non-hydrogen) atoms. The Morgan fingerprint density at radius 3 is 2.67 bits per heavy atom. The van der Waals surface area contributed by atoms with Crippen LogP contribution >= 0.6 is 0 Å². The molecule has 0 radical (unpaired) electrons. The van der Waals surface area contributed by atoms with Crippen LogP contribution in [0.5, 0.6) is 0 Å². The number of carbonyl (C=O) groups excluding carboxylic acids is 2. The predicted octanol–water partition coefficient (Wildman–Crippen LogP) is -1.30. The Kier molecular flexibility index (Phi) is 4.90. The summed E-state index contributed by atoms with van der Waals surface area (Å²) in [4.78, 5) is 36.3. The fraction of sp³-hybridized carbons (Fsp3) is 0.700. The molecule has 1 unspecified atom stereocenters. The number of primary amides is 1. The standard InChI is InChI=1S/C10H17N3O5/c1-2-12(6-8(11)14)10(17)13-3-4-18-7(5-13)9(15)16/h7H,2-6H2,1H3,(H2,11,14)(H,15,16). The van der Waals surface area contributed by atoms with Crippen molar-refractivity contribution in [3.63, 3.8) is 0 Å². The van der Waals surface area contributed by atoms with Gasteiger partial charge in [0.05, 0.1) is 13.2 Å². The number of rotatable bonds is 4. The van der Waals surface area contributed by atoms with Gasteiger partial charge in [-0.2, -0.15) is 0 Å². The van der Waals surface area contributed by atoms with Crippen LogP contribution in [-0.4, -0.2) is 71.7 Å². The Hall–Kier alpha value is -1.83. The van der Waals surface area contributed by atoms with E-state index in [1.165, 1.54) is 9.80 Å². The van der Waals surface area contributed by atoms with Crippen molar-refractivity contribution in [2.24, 2.45) is 5.73 Å². The van der Waals surface area contributed by atoms with E-state index in [0.717, 1.165) is 0 Å². The predicted molar refractivity (Wildman–Crippen MR) is 60.8 cm³/mol. The number of carboxylic acid groups (broad SMARTS) is 1. The third-order valence-corrected chi connectivity index (χ3v) is 2.61. The van der Waals surface area contributed by atoms with E-state index in [9.17, 15) is 14.4 Å². The monoisotopic (exact) mass is 259 g/mol. The lowest BCUT2D eigenvalue weighted by Crippen LogP contribution is -2.54. The molecule has 0 aliphatic carbocycles. The lowest BCUT2D eigenvalue weighted by molar-refractivity contribution is -0.154. The first-order valence-electron chi connectivity index (χ1n) is 5.62. The van der Waals surface area contributed by atoms with E-state index in [-0.39, 0.29) is 19.7 Å². The Morgan fingerprint density at radius 1 is 1.50 bits per heavy atom. The fourth-order valence-corrected chi connectivity index (χ4v) is 1.68. The molecule has 0 bridgehead atoms. The van der Waals surface area contributed by atoms with Gasteiger partial charge in [-0.15, -0.1) is 0 Å². The molecule has 1 atom stereocenters.